The van der Waals surface area contributed by atoms with Crippen molar-refractivity contribution in [3.8, 4) is 17.2 Å². The van der Waals surface area contributed by atoms with Crippen LogP contribution in [0.4, 0.5) is 21.3 Å². The highest BCUT2D eigenvalue weighted by Crippen LogP contribution is 2.40. The molecule has 10 heteroatoms. The molecule has 4 rings (SSSR count). The molecule has 4 aromatic rings. The Labute approximate surface area is 199 Å². The molecule has 1 heterocycles. The molecule has 0 aliphatic carbocycles. The highest BCUT2D eigenvalue weighted by molar-refractivity contribution is 7.22. The normalized spacial score (nSPS) is 10.4. The summed E-state index contributed by atoms with van der Waals surface area (Å²) in [4.78, 5) is 29.4. The lowest BCUT2D eigenvalue weighted by atomic mass is 10.2. The maximum absolute atomic E-state index is 12.6. The minimum absolute atomic E-state index is 0.234. The molecule has 34 heavy (non-hydrogen) atoms. The second kappa shape index (κ2) is 10.1. The van der Waals surface area contributed by atoms with Crippen molar-refractivity contribution in [3.63, 3.8) is 0 Å². The number of carbonyl (C=O) groups is 2. The second-order valence-electron chi connectivity index (χ2n) is 7.01. The van der Waals surface area contributed by atoms with Crippen LogP contribution < -0.4 is 30.2 Å². The number of aromatic nitrogens is 1. The van der Waals surface area contributed by atoms with E-state index in [9.17, 15) is 9.59 Å². The molecule has 0 bridgehead atoms. The number of hydrogen-bond acceptors (Lipinski definition) is 7. The van der Waals surface area contributed by atoms with Crippen LogP contribution in [0, 0.1) is 0 Å². The maximum atomic E-state index is 12.6. The van der Waals surface area contributed by atoms with Gasteiger partial charge in [-0.1, -0.05) is 29.5 Å². The van der Waals surface area contributed by atoms with Gasteiger partial charge in [-0.05, 0) is 30.3 Å². The zero-order valence-corrected chi connectivity index (χ0v) is 19.5. The molecule has 0 atom stereocenters. The average molecular weight is 479 g/mol. The van der Waals surface area contributed by atoms with Crippen LogP contribution in [0.25, 0.3) is 10.2 Å². The van der Waals surface area contributed by atoms with Gasteiger partial charge in [0.25, 0.3) is 5.91 Å². The van der Waals surface area contributed by atoms with E-state index in [1.807, 2.05) is 12.1 Å². The van der Waals surface area contributed by atoms with E-state index in [1.54, 1.807) is 48.5 Å². The second-order valence-corrected chi connectivity index (χ2v) is 8.05. The number of fused-ring (bicyclic) bond motifs is 1. The molecule has 3 N–H and O–H groups in total. The fraction of sp³-hybridized carbons (Fsp3) is 0.125. The molecule has 174 valence electrons. The third-order valence-electron chi connectivity index (χ3n) is 4.82. The first kappa shape index (κ1) is 22.9. The van der Waals surface area contributed by atoms with Crippen molar-refractivity contribution in [2.24, 2.45) is 0 Å². The van der Waals surface area contributed by atoms with Gasteiger partial charge in [-0.15, -0.1) is 0 Å². The van der Waals surface area contributed by atoms with E-state index in [0.717, 1.165) is 4.70 Å². The van der Waals surface area contributed by atoms with Crippen molar-refractivity contribution in [3.05, 3.63) is 66.2 Å². The van der Waals surface area contributed by atoms with Gasteiger partial charge in [0.05, 0.1) is 37.2 Å². The van der Waals surface area contributed by atoms with Gasteiger partial charge in [0, 0.05) is 23.4 Å². The molecular formula is C24H22N4O5S. The fourth-order valence-corrected chi connectivity index (χ4v) is 4.11. The Morgan fingerprint density at radius 1 is 0.794 bits per heavy atom. The largest absolute Gasteiger partial charge is 0.493 e. The van der Waals surface area contributed by atoms with Crippen LogP contribution in [-0.4, -0.2) is 38.3 Å². The summed E-state index contributed by atoms with van der Waals surface area (Å²) in [6.07, 6.45) is 0. The van der Waals surface area contributed by atoms with Crippen LogP contribution in [0.3, 0.4) is 0 Å². The van der Waals surface area contributed by atoms with Gasteiger partial charge in [0.15, 0.2) is 16.6 Å². The van der Waals surface area contributed by atoms with E-state index < -0.39 is 6.03 Å². The van der Waals surface area contributed by atoms with E-state index in [4.69, 9.17) is 14.2 Å². The number of urea groups is 1. The lowest BCUT2D eigenvalue weighted by Gasteiger charge is -2.15. The molecule has 0 spiro atoms. The summed E-state index contributed by atoms with van der Waals surface area (Å²) in [5.74, 6) is 1.04. The number of methoxy groups -OCH3 is 3. The standard InChI is InChI=1S/C24H22N4O5S/c1-31-18-12-16(13-19(32-2)21(18)33-3)26-23(30)25-15-9-10-20-17(11-15)27-24(34-20)28-22(29)14-7-5-4-6-8-14/h4-13H,1-3H3,(H2,25,26,30)(H,27,28,29). The smallest absolute Gasteiger partial charge is 0.323 e. The predicted octanol–water partition coefficient (Wildman–Crippen LogP) is 5.22. The van der Waals surface area contributed by atoms with Crippen molar-refractivity contribution < 1.29 is 23.8 Å². The van der Waals surface area contributed by atoms with E-state index in [0.29, 0.717) is 44.8 Å². The van der Waals surface area contributed by atoms with Crippen molar-refractivity contribution >= 4 is 50.0 Å². The van der Waals surface area contributed by atoms with Gasteiger partial charge in [-0.3, -0.25) is 10.1 Å². The van der Waals surface area contributed by atoms with Gasteiger partial charge < -0.3 is 24.8 Å². The van der Waals surface area contributed by atoms with Gasteiger partial charge in [0.1, 0.15) is 0 Å². The zero-order valence-electron chi connectivity index (χ0n) is 18.7. The Kier molecular flexibility index (Phi) is 6.79. The van der Waals surface area contributed by atoms with Crippen molar-refractivity contribution in [1.82, 2.24) is 4.98 Å². The Balaban J connectivity index is 1.46. The number of anilines is 3. The molecule has 0 aliphatic rings. The van der Waals surface area contributed by atoms with E-state index in [2.05, 4.69) is 20.9 Å². The summed E-state index contributed by atoms with van der Waals surface area (Å²) in [6.45, 7) is 0. The fourth-order valence-electron chi connectivity index (χ4n) is 3.26. The maximum Gasteiger partial charge on any atom is 0.323 e. The van der Waals surface area contributed by atoms with Crippen LogP contribution in [0.1, 0.15) is 10.4 Å². The summed E-state index contributed by atoms with van der Waals surface area (Å²) >= 11 is 1.35. The van der Waals surface area contributed by atoms with Crippen LogP contribution in [-0.2, 0) is 0 Å². The van der Waals surface area contributed by atoms with Gasteiger partial charge >= 0.3 is 6.03 Å². The highest BCUT2D eigenvalue weighted by Gasteiger charge is 2.15. The summed E-state index contributed by atoms with van der Waals surface area (Å²) in [6, 6.07) is 17.1. The molecule has 0 radical (unpaired) electrons. The van der Waals surface area contributed by atoms with Crippen LogP contribution in [0.15, 0.2) is 60.7 Å². The number of amides is 3. The van der Waals surface area contributed by atoms with Crippen molar-refractivity contribution in [1.29, 1.82) is 0 Å². The molecule has 0 aliphatic heterocycles. The van der Waals surface area contributed by atoms with Crippen LogP contribution in [0.5, 0.6) is 17.2 Å². The molecule has 9 nitrogen and oxygen atoms in total. The lowest BCUT2D eigenvalue weighted by molar-refractivity contribution is 0.102. The molecule has 0 saturated heterocycles. The molecule has 3 amide bonds. The summed E-state index contributed by atoms with van der Waals surface area (Å²) < 4.78 is 16.8. The number of nitrogens with zero attached hydrogens (tertiary/aromatic N) is 1. The molecule has 0 fully saturated rings. The highest BCUT2D eigenvalue weighted by atomic mass is 32.1. The Morgan fingerprint density at radius 2 is 1.47 bits per heavy atom. The van der Waals surface area contributed by atoms with Gasteiger partial charge in [-0.25, -0.2) is 9.78 Å². The molecule has 0 saturated carbocycles. The molecular weight excluding hydrogens is 456 g/mol. The third kappa shape index (κ3) is 5.02. The summed E-state index contributed by atoms with van der Waals surface area (Å²) in [7, 11) is 4.51. The number of rotatable bonds is 7. The first-order valence-electron chi connectivity index (χ1n) is 10.2. The summed E-state index contributed by atoms with van der Waals surface area (Å²) in [5.41, 5.74) is 2.21. The topological polar surface area (TPSA) is 111 Å². The Bertz CT molecular complexity index is 1310. The number of nitrogens with one attached hydrogen (secondary N) is 3. The Morgan fingerprint density at radius 3 is 2.12 bits per heavy atom. The van der Waals surface area contributed by atoms with Crippen molar-refractivity contribution in [2.45, 2.75) is 0 Å². The minimum atomic E-state index is -0.457. The molecule has 0 unspecified atom stereocenters. The van der Waals surface area contributed by atoms with Crippen molar-refractivity contribution in [2.75, 3.05) is 37.3 Å². The molecule has 3 aromatic carbocycles. The van der Waals surface area contributed by atoms with E-state index >= 15 is 0 Å². The lowest BCUT2D eigenvalue weighted by Crippen LogP contribution is -2.19. The quantitative estimate of drug-likeness (QED) is 0.336. The number of hydrogen-bond donors (Lipinski definition) is 3. The van der Waals surface area contributed by atoms with Crippen LogP contribution in [0.2, 0.25) is 0 Å². The first-order valence-corrected chi connectivity index (χ1v) is 11.0. The Hall–Kier alpha value is -4.31. The monoisotopic (exact) mass is 478 g/mol. The number of benzene rings is 3. The van der Waals surface area contributed by atoms with E-state index in [1.165, 1.54) is 32.7 Å². The minimum Gasteiger partial charge on any atom is -0.493 e. The SMILES string of the molecule is COc1cc(NC(=O)Nc2ccc3sc(NC(=O)c4ccccc4)nc3c2)cc(OC)c1OC. The van der Waals surface area contributed by atoms with Crippen LogP contribution >= 0.6 is 11.3 Å². The average Bonchev–Trinajstić information content (AvgIpc) is 3.25. The van der Waals surface area contributed by atoms with Gasteiger partial charge in [-0.2, -0.15) is 0 Å². The van der Waals surface area contributed by atoms with E-state index in [-0.39, 0.29) is 5.91 Å². The van der Waals surface area contributed by atoms with Gasteiger partial charge in [0.2, 0.25) is 5.75 Å². The number of thiazole rings is 1. The predicted molar refractivity (Wildman–Crippen MR) is 133 cm³/mol. The summed E-state index contributed by atoms with van der Waals surface area (Å²) in [5, 5.41) is 8.81. The first-order chi connectivity index (χ1) is 16.5. The number of ether oxygens (including phenoxy) is 3. The number of carbonyl (C=O) groups excluding carboxylic acids is 2. The zero-order chi connectivity index (χ0) is 24.1. The molecule has 1 aromatic heterocycles. The third-order valence-corrected chi connectivity index (χ3v) is 5.78.